The lowest BCUT2D eigenvalue weighted by Gasteiger charge is -2.39. The van der Waals surface area contributed by atoms with E-state index in [0.717, 1.165) is 23.9 Å². The molecule has 0 radical (unpaired) electrons. The first-order valence-electron chi connectivity index (χ1n) is 11.4. The lowest BCUT2D eigenvalue weighted by Crippen LogP contribution is -2.41. The summed E-state index contributed by atoms with van der Waals surface area (Å²) in [5.41, 5.74) is -1.11. The third kappa shape index (κ3) is 5.37. The second-order valence-electron chi connectivity index (χ2n) is 9.41. The number of carbonyl (C=O) groups is 1. The van der Waals surface area contributed by atoms with Gasteiger partial charge in [0.2, 0.25) is 0 Å². The maximum absolute atomic E-state index is 14.1. The molecule has 1 aliphatic rings. The molecule has 0 fully saturated rings. The van der Waals surface area contributed by atoms with E-state index in [2.05, 4.69) is 4.98 Å². The first kappa shape index (κ1) is 28.2. The van der Waals surface area contributed by atoms with Crippen LogP contribution in [0.3, 0.4) is 0 Å². The molecule has 0 spiro atoms. The van der Waals surface area contributed by atoms with Crippen LogP contribution < -0.4 is 9.04 Å². The molecule has 204 valence electrons. The average molecular weight is 580 g/mol. The van der Waals surface area contributed by atoms with E-state index in [4.69, 9.17) is 21.4 Å². The van der Waals surface area contributed by atoms with E-state index in [-0.39, 0.29) is 33.9 Å². The van der Waals surface area contributed by atoms with E-state index in [0.29, 0.717) is 18.2 Å². The molecule has 4 rings (SSSR count). The van der Waals surface area contributed by atoms with Crippen LogP contribution in [0.2, 0.25) is 5.02 Å². The number of hydrogen-bond acceptors (Lipinski definition) is 6. The largest absolute Gasteiger partial charge is 0.480 e. The highest BCUT2D eigenvalue weighted by atomic mass is 35.5. The normalized spacial score (nSPS) is 14.8. The maximum atomic E-state index is 14.1. The van der Waals surface area contributed by atoms with E-state index in [1.54, 1.807) is 24.3 Å². The molecule has 13 heteroatoms. The van der Waals surface area contributed by atoms with Gasteiger partial charge in [-0.25, -0.2) is 13.2 Å². The summed E-state index contributed by atoms with van der Waals surface area (Å²) in [6, 6.07) is 11.3. The molecule has 1 aromatic heterocycles. The number of aliphatic carboxylic acids is 1. The number of carboxylic acids is 1. The molecule has 0 saturated carbocycles. The Labute approximate surface area is 227 Å². The van der Waals surface area contributed by atoms with Crippen LogP contribution in [0.4, 0.5) is 18.9 Å². The topological polar surface area (TPSA) is 121 Å². The van der Waals surface area contributed by atoms with Crippen molar-refractivity contribution in [2.45, 2.75) is 36.8 Å². The number of halogens is 4. The number of benzene rings is 2. The summed E-state index contributed by atoms with van der Waals surface area (Å²) < 4.78 is 74.1. The predicted molar refractivity (Wildman–Crippen MR) is 136 cm³/mol. The minimum absolute atomic E-state index is 0.0912. The second-order valence-corrected chi connectivity index (χ2v) is 11.7. The molecular formula is C26H21ClF3N3O5S. The number of nitrogens with zero attached hydrogens (tertiary/aromatic N) is 3. The van der Waals surface area contributed by atoms with E-state index >= 15 is 0 Å². The summed E-state index contributed by atoms with van der Waals surface area (Å²) in [7, 11) is -4.43. The number of ether oxygens (including phenoxy) is 1. The molecule has 0 atom stereocenters. The third-order valence-corrected chi connectivity index (χ3v) is 8.55. The van der Waals surface area contributed by atoms with Gasteiger partial charge in [0.05, 0.1) is 22.3 Å². The highest BCUT2D eigenvalue weighted by Crippen LogP contribution is 2.45. The van der Waals surface area contributed by atoms with Gasteiger partial charge in [-0.05, 0) is 35.6 Å². The summed E-state index contributed by atoms with van der Waals surface area (Å²) >= 11 is 6.37. The van der Waals surface area contributed by atoms with Crippen LogP contribution in [-0.2, 0) is 26.4 Å². The van der Waals surface area contributed by atoms with Crippen molar-refractivity contribution < 1.29 is 36.2 Å². The molecule has 1 N–H and O–H groups in total. The van der Waals surface area contributed by atoms with Crippen molar-refractivity contribution in [3.05, 3.63) is 70.5 Å². The Balaban J connectivity index is 1.94. The molecule has 3 aromatic rings. The number of hydrogen-bond donors (Lipinski definition) is 1. The Hall–Kier alpha value is -3.82. The van der Waals surface area contributed by atoms with Gasteiger partial charge in [-0.3, -0.25) is 9.29 Å². The van der Waals surface area contributed by atoms with E-state index in [1.165, 1.54) is 4.31 Å². The number of pyridine rings is 1. The Morgan fingerprint density at radius 3 is 2.56 bits per heavy atom. The average Bonchev–Trinajstić information content (AvgIpc) is 2.86. The zero-order chi connectivity index (χ0) is 28.8. The number of rotatable bonds is 6. The quantitative estimate of drug-likeness (QED) is 0.401. The predicted octanol–water partition coefficient (Wildman–Crippen LogP) is 5.63. The van der Waals surface area contributed by atoms with Crippen LogP contribution in [0.25, 0.3) is 11.1 Å². The minimum Gasteiger partial charge on any atom is -0.480 e. The minimum atomic E-state index is -4.81. The summed E-state index contributed by atoms with van der Waals surface area (Å²) in [5.74, 6) is -1.74. The molecule has 39 heavy (non-hydrogen) atoms. The number of para-hydroxylation sites is 1. The number of aromatic nitrogens is 1. The molecule has 0 saturated heterocycles. The molecule has 0 aliphatic carbocycles. The van der Waals surface area contributed by atoms with Crippen molar-refractivity contribution in [2.24, 2.45) is 0 Å². The third-order valence-electron chi connectivity index (χ3n) is 6.40. The van der Waals surface area contributed by atoms with Gasteiger partial charge in [-0.1, -0.05) is 43.6 Å². The van der Waals surface area contributed by atoms with Crippen molar-refractivity contribution in [1.82, 2.24) is 4.98 Å². The van der Waals surface area contributed by atoms with E-state index < -0.39 is 44.9 Å². The summed E-state index contributed by atoms with van der Waals surface area (Å²) in [5, 5.41) is 18.5. The molecule has 0 bridgehead atoms. The number of alkyl halides is 3. The van der Waals surface area contributed by atoms with E-state index in [1.807, 2.05) is 19.9 Å². The Bertz CT molecular complexity index is 1620. The van der Waals surface area contributed by atoms with Crippen molar-refractivity contribution in [3.8, 4) is 22.9 Å². The van der Waals surface area contributed by atoms with Crippen LogP contribution in [0.1, 0.15) is 37.1 Å². The first-order chi connectivity index (χ1) is 18.2. The molecular weight excluding hydrogens is 559 g/mol. The van der Waals surface area contributed by atoms with Crippen LogP contribution >= 0.6 is 11.6 Å². The first-order valence-corrected chi connectivity index (χ1v) is 13.3. The molecule has 2 aromatic carbocycles. The monoisotopic (exact) mass is 579 g/mol. The highest BCUT2D eigenvalue weighted by Gasteiger charge is 2.39. The smallest absolute Gasteiger partial charge is 0.433 e. The van der Waals surface area contributed by atoms with Gasteiger partial charge in [-0.2, -0.15) is 18.4 Å². The summed E-state index contributed by atoms with van der Waals surface area (Å²) in [4.78, 5) is 14.1. The number of fused-ring (bicyclic) bond motifs is 1. The van der Waals surface area contributed by atoms with Crippen molar-refractivity contribution in [1.29, 1.82) is 5.26 Å². The van der Waals surface area contributed by atoms with E-state index in [9.17, 15) is 31.6 Å². The zero-order valence-electron chi connectivity index (χ0n) is 20.6. The number of sulfonamides is 1. The van der Waals surface area contributed by atoms with Crippen molar-refractivity contribution in [3.63, 3.8) is 0 Å². The Morgan fingerprint density at radius 1 is 1.23 bits per heavy atom. The number of carboxylic acid groups (broad SMARTS) is 1. The molecule has 0 amide bonds. The van der Waals surface area contributed by atoms with Crippen LogP contribution in [0.5, 0.6) is 5.75 Å². The maximum Gasteiger partial charge on any atom is 0.433 e. The summed E-state index contributed by atoms with van der Waals surface area (Å²) in [6.07, 6.45) is -3.56. The Kier molecular flexibility index (Phi) is 7.27. The van der Waals surface area contributed by atoms with Crippen LogP contribution in [-0.4, -0.2) is 37.6 Å². The Morgan fingerprint density at radius 2 is 1.92 bits per heavy atom. The lowest BCUT2D eigenvalue weighted by molar-refractivity contribution is -0.141. The molecule has 2 heterocycles. The van der Waals surface area contributed by atoms with Gasteiger partial charge in [-0.15, -0.1) is 0 Å². The molecule has 1 aliphatic heterocycles. The number of nitriles is 1. The van der Waals surface area contributed by atoms with Crippen LogP contribution in [0, 0.1) is 11.3 Å². The van der Waals surface area contributed by atoms with Gasteiger partial charge in [0.25, 0.3) is 10.0 Å². The van der Waals surface area contributed by atoms with Crippen LogP contribution in [0.15, 0.2) is 53.6 Å². The van der Waals surface area contributed by atoms with Gasteiger partial charge in [0.1, 0.15) is 16.3 Å². The fraction of sp³-hybridized carbons (Fsp3) is 0.269. The van der Waals surface area contributed by atoms with Crippen molar-refractivity contribution in [2.75, 3.05) is 17.5 Å². The number of anilines is 1. The van der Waals surface area contributed by atoms with Gasteiger partial charge >= 0.3 is 12.1 Å². The zero-order valence-corrected chi connectivity index (χ0v) is 22.2. The van der Waals surface area contributed by atoms with Gasteiger partial charge in [0.15, 0.2) is 6.61 Å². The molecule has 8 nitrogen and oxygen atoms in total. The SMILES string of the molecule is CC1(C)CCN(S(=O)(=O)c2cc(-c3cnc(C(F)(F)F)cc3C#N)c(Cl)cc2OCC(=O)O)c2ccccc21. The van der Waals surface area contributed by atoms with Crippen molar-refractivity contribution >= 4 is 33.3 Å². The molecule has 0 unspecified atom stereocenters. The second kappa shape index (κ2) is 10.1. The lowest BCUT2D eigenvalue weighted by atomic mass is 9.78. The standard InChI is InChI=1S/C26H21ClF3N3O5S/c1-25(2)7-8-33(20-6-4-3-5-18(20)25)39(36,37)22-10-16(19(27)11-21(22)38-14-24(34)35)17-13-32-23(26(28,29)30)9-15(17)12-31/h3-6,9-11,13H,7-8,14H2,1-2H3,(H,34,35). The van der Waals surface area contributed by atoms with Gasteiger partial charge < -0.3 is 9.84 Å². The fourth-order valence-corrected chi connectivity index (χ4v) is 6.26. The van der Waals surface area contributed by atoms with Gasteiger partial charge in [0, 0.05) is 29.9 Å². The highest BCUT2D eigenvalue weighted by molar-refractivity contribution is 7.93. The summed E-state index contributed by atoms with van der Waals surface area (Å²) in [6.45, 7) is 3.18. The fourth-order valence-electron chi connectivity index (χ4n) is 4.38.